The summed E-state index contributed by atoms with van der Waals surface area (Å²) in [5.41, 5.74) is 0. The van der Waals surface area contributed by atoms with Crippen LogP contribution in [0.3, 0.4) is 0 Å². The molecular weight excluding hydrogens is 244 g/mol. The lowest BCUT2D eigenvalue weighted by molar-refractivity contribution is 0.0516. The summed E-state index contributed by atoms with van der Waals surface area (Å²) in [6.45, 7) is 2.85. The summed E-state index contributed by atoms with van der Waals surface area (Å²) < 4.78 is 5.64. The minimum atomic E-state index is 0.594. The van der Waals surface area contributed by atoms with Gasteiger partial charge < -0.3 is 15.4 Å². The van der Waals surface area contributed by atoms with Gasteiger partial charge in [-0.1, -0.05) is 6.42 Å². The number of rotatable bonds is 3. The molecule has 3 unspecified atom stereocenters. The Bertz CT molecular complexity index is 252. The topological polar surface area (TPSA) is 33.3 Å². The molecule has 1 aliphatic carbocycles. The van der Waals surface area contributed by atoms with Crippen molar-refractivity contribution in [1.82, 2.24) is 10.6 Å². The molecule has 104 valence electrons. The maximum Gasteiger partial charge on any atom is 0.0623 e. The zero-order chi connectivity index (χ0) is 12.2. The molecule has 0 aromatic carbocycles. The van der Waals surface area contributed by atoms with Gasteiger partial charge in [-0.3, -0.25) is 0 Å². The third-order valence-corrected chi connectivity index (χ3v) is 5.76. The Morgan fingerprint density at radius 2 is 2.00 bits per heavy atom. The standard InChI is InChI=1S/C14H26N2OS/c1-2-12(14-10-17-7-6-15-14)13(3-1)16-11-4-8-18-9-5-11/h11-16H,1-10H2. The van der Waals surface area contributed by atoms with Crippen LogP contribution in [0, 0.1) is 5.92 Å². The van der Waals surface area contributed by atoms with Gasteiger partial charge in [0.05, 0.1) is 13.2 Å². The van der Waals surface area contributed by atoms with E-state index in [1.165, 1.54) is 43.6 Å². The Labute approximate surface area is 115 Å². The van der Waals surface area contributed by atoms with Crippen molar-refractivity contribution in [3.05, 3.63) is 0 Å². The number of hydrogen-bond donors (Lipinski definition) is 2. The Morgan fingerprint density at radius 1 is 1.11 bits per heavy atom. The lowest BCUT2D eigenvalue weighted by Gasteiger charge is -2.35. The van der Waals surface area contributed by atoms with Crippen LogP contribution in [0.25, 0.3) is 0 Å². The summed E-state index contributed by atoms with van der Waals surface area (Å²) in [4.78, 5) is 0. The highest BCUT2D eigenvalue weighted by molar-refractivity contribution is 7.99. The van der Waals surface area contributed by atoms with Gasteiger partial charge >= 0.3 is 0 Å². The highest BCUT2D eigenvalue weighted by Gasteiger charge is 2.35. The number of nitrogens with one attached hydrogen (secondary N) is 2. The van der Waals surface area contributed by atoms with E-state index in [9.17, 15) is 0 Å². The molecule has 18 heavy (non-hydrogen) atoms. The highest BCUT2D eigenvalue weighted by atomic mass is 32.2. The molecule has 0 aromatic heterocycles. The second-order valence-corrected chi connectivity index (χ2v) is 7.11. The van der Waals surface area contributed by atoms with Gasteiger partial charge in [0.15, 0.2) is 0 Å². The fourth-order valence-corrected chi connectivity index (χ4v) is 4.81. The van der Waals surface area contributed by atoms with E-state index in [0.717, 1.165) is 37.8 Å². The lowest BCUT2D eigenvalue weighted by Crippen LogP contribution is -2.52. The van der Waals surface area contributed by atoms with E-state index >= 15 is 0 Å². The van der Waals surface area contributed by atoms with Crippen LogP contribution < -0.4 is 10.6 Å². The van der Waals surface area contributed by atoms with E-state index in [4.69, 9.17) is 4.74 Å². The van der Waals surface area contributed by atoms with Gasteiger partial charge in [0, 0.05) is 24.7 Å². The summed E-state index contributed by atoms with van der Waals surface area (Å²) in [6.07, 6.45) is 6.86. The number of hydrogen-bond acceptors (Lipinski definition) is 4. The highest BCUT2D eigenvalue weighted by Crippen LogP contribution is 2.31. The van der Waals surface area contributed by atoms with Gasteiger partial charge in [-0.25, -0.2) is 0 Å². The Morgan fingerprint density at radius 3 is 2.78 bits per heavy atom. The summed E-state index contributed by atoms with van der Waals surface area (Å²) in [7, 11) is 0. The Kier molecular flexibility index (Phi) is 4.85. The predicted molar refractivity (Wildman–Crippen MR) is 77.2 cm³/mol. The van der Waals surface area contributed by atoms with Gasteiger partial charge in [0.25, 0.3) is 0 Å². The summed E-state index contributed by atoms with van der Waals surface area (Å²) in [5.74, 6) is 3.49. The van der Waals surface area contributed by atoms with Crippen molar-refractivity contribution in [1.29, 1.82) is 0 Å². The smallest absolute Gasteiger partial charge is 0.0623 e. The first-order valence-electron chi connectivity index (χ1n) is 7.58. The van der Waals surface area contributed by atoms with Crippen molar-refractivity contribution in [2.45, 2.75) is 50.2 Å². The van der Waals surface area contributed by atoms with E-state index in [2.05, 4.69) is 22.4 Å². The molecule has 3 atom stereocenters. The number of ether oxygens (including phenoxy) is 1. The third-order valence-electron chi connectivity index (χ3n) is 4.71. The van der Waals surface area contributed by atoms with Crippen LogP contribution in [0.15, 0.2) is 0 Å². The molecule has 0 aromatic rings. The van der Waals surface area contributed by atoms with Crippen molar-refractivity contribution >= 4 is 11.8 Å². The number of thioether (sulfide) groups is 1. The molecule has 3 aliphatic rings. The van der Waals surface area contributed by atoms with Crippen molar-refractivity contribution in [3.63, 3.8) is 0 Å². The molecule has 2 N–H and O–H groups in total. The molecule has 0 spiro atoms. The number of morpholine rings is 1. The van der Waals surface area contributed by atoms with Crippen LogP contribution in [-0.4, -0.2) is 49.4 Å². The van der Waals surface area contributed by atoms with Gasteiger partial charge in [-0.15, -0.1) is 0 Å². The summed E-state index contributed by atoms with van der Waals surface area (Å²) >= 11 is 2.11. The molecule has 2 heterocycles. The van der Waals surface area contributed by atoms with E-state index < -0.39 is 0 Å². The minimum absolute atomic E-state index is 0.594. The average molecular weight is 270 g/mol. The monoisotopic (exact) mass is 270 g/mol. The van der Waals surface area contributed by atoms with Crippen molar-refractivity contribution in [3.8, 4) is 0 Å². The molecule has 0 radical (unpaired) electrons. The largest absolute Gasteiger partial charge is 0.379 e. The van der Waals surface area contributed by atoms with E-state index in [0.29, 0.717) is 6.04 Å². The first-order chi connectivity index (χ1) is 8.93. The van der Waals surface area contributed by atoms with Crippen LogP contribution in [0.2, 0.25) is 0 Å². The molecular formula is C14H26N2OS. The average Bonchev–Trinajstić information content (AvgIpc) is 2.89. The van der Waals surface area contributed by atoms with Gasteiger partial charge in [-0.2, -0.15) is 11.8 Å². The fourth-order valence-electron chi connectivity index (χ4n) is 3.70. The molecule has 0 amide bonds. The first kappa shape index (κ1) is 13.2. The van der Waals surface area contributed by atoms with Crippen LogP contribution >= 0.6 is 11.8 Å². The molecule has 0 bridgehead atoms. The van der Waals surface area contributed by atoms with E-state index in [1.54, 1.807) is 0 Å². The van der Waals surface area contributed by atoms with Crippen molar-refractivity contribution < 1.29 is 4.74 Å². The molecule has 2 aliphatic heterocycles. The quantitative estimate of drug-likeness (QED) is 0.817. The first-order valence-corrected chi connectivity index (χ1v) is 8.74. The second kappa shape index (κ2) is 6.60. The molecule has 2 saturated heterocycles. The van der Waals surface area contributed by atoms with E-state index in [-0.39, 0.29) is 0 Å². The summed E-state index contributed by atoms with van der Waals surface area (Å²) in [6, 6.07) is 2.11. The summed E-state index contributed by atoms with van der Waals surface area (Å²) in [5, 5.41) is 7.62. The van der Waals surface area contributed by atoms with E-state index in [1.807, 2.05) is 0 Å². The second-order valence-electron chi connectivity index (χ2n) is 5.89. The maximum atomic E-state index is 5.64. The SMILES string of the molecule is C1CC(NC2CCSCC2)C(C2COCCN2)C1. The third kappa shape index (κ3) is 3.21. The van der Waals surface area contributed by atoms with Crippen LogP contribution in [0.1, 0.15) is 32.1 Å². The molecule has 3 nitrogen and oxygen atoms in total. The van der Waals surface area contributed by atoms with Crippen LogP contribution in [-0.2, 0) is 4.74 Å². The maximum absolute atomic E-state index is 5.64. The normalized spacial score (nSPS) is 39.0. The zero-order valence-electron chi connectivity index (χ0n) is 11.2. The molecule has 3 rings (SSSR count). The van der Waals surface area contributed by atoms with Crippen molar-refractivity contribution in [2.75, 3.05) is 31.3 Å². The van der Waals surface area contributed by atoms with Gasteiger partial charge in [-0.05, 0) is 43.1 Å². The van der Waals surface area contributed by atoms with Crippen molar-refractivity contribution in [2.24, 2.45) is 5.92 Å². The van der Waals surface area contributed by atoms with Gasteiger partial charge in [0.2, 0.25) is 0 Å². The van der Waals surface area contributed by atoms with Crippen LogP contribution in [0.4, 0.5) is 0 Å². The predicted octanol–water partition coefficient (Wildman–Crippen LogP) is 1.63. The zero-order valence-corrected chi connectivity index (χ0v) is 12.0. The molecule has 1 saturated carbocycles. The van der Waals surface area contributed by atoms with Gasteiger partial charge in [0.1, 0.15) is 0 Å². The molecule has 3 fully saturated rings. The minimum Gasteiger partial charge on any atom is -0.379 e. The fraction of sp³-hybridized carbons (Fsp3) is 1.00. The molecule has 4 heteroatoms. The Hall–Kier alpha value is 0.230. The Balaban J connectivity index is 1.53. The van der Waals surface area contributed by atoms with Crippen LogP contribution in [0.5, 0.6) is 0 Å². The lowest BCUT2D eigenvalue weighted by atomic mass is 9.93.